The van der Waals surface area contributed by atoms with Gasteiger partial charge in [-0.15, -0.1) is 0 Å². The average Bonchev–Trinajstić information content (AvgIpc) is 2.71. The van der Waals surface area contributed by atoms with Crippen molar-refractivity contribution in [1.82, 2.24) is 15.2 Å². The molecular weight excluding hydrogens is 230 g/mol. The van der Waals surface area contributed by atoms with Crippen LogP contribution in [-0.2, 0) is 0 Å². The molecule has 18 heavy (non-hydrogen) atoms. The van der Waals surface area contributed by atoms with Gasteiger partial charge in [-0.25, -0.2) is 9.78 Å². The van der Waals surface area contributed by atoms with Crippen LogP contribution in [0.1, 0.15) is 5.56 Å². The lowest BCUT2D eigenvalue weighted by Gasteiger charge is -2.37. The van der Waals surface area contributed by atoms with Crippen molar-refractivity contribution in [1.29, 1.82) is 0 Å². The second-order valence-electron chi connectivity index (χ2n) is 4.90. The topological polar surface area (TPSA) is 74.5 Å². The summed E-state index contributed by atoms with van der Waals surface area (Å²) in [7, 11) is 0. The zero-order valence-corrected chi connectivity index (χ0v) is 10.4. The van der Waals surface area contributed by atoms with Crippen LogP contribution in [0, 0.1) is 6.92 Å². The molecule has 0 spiro atoms. The predicted octanol–water partition coefficient (Wildman–Crippen LogP) is 0.186. The summed E-state index contributed by atoms with van der Waals surface area (Å²) < 4.78 is 0. The number of fused-ring (bicyclic) bond motifs is 1. The first-order valence-corrected chi connectivity index (χ1v) is 6.16. The van der Waals surface area contributed by atoms with Crippen molar-refractivity contribution in [3.63, 3.8) is 0 Å². The highest BCUT2D eigenvalue weighted by Gasteiger charge is 2.36. The summed E-state index contributed by atoms with van der Waals surface area (Å²) in [4.78, 5) is 20.0. The van der Waals surface area contributed by atoms with Crippen LogP contribution in [-0.4, -0.2) is 48.1 Å². The van der Waals surface area contributed by atoms with Crippen LogP contribution < -0.4 is 16.0 Å². The third kappa shape index (κ3) is 1.73. The number of nitrogens with one attached hydrogen (secondary N) is 1. The third-order valence-electron chi connectivity index (χ3n) is 3.56. The van der Waals surface area contributed by atoms with Gasteiger partial charge in [0.15, 0.2) is 5.82 Å². The van der Waals surface area contributed by atoms with Crippen LogP contribution >= 0.6 is 0 Å². The third-order valence-corrected chi connectivity index (χ3v) is 3.56. The Morgan fingerprint density at radius 2 is 2.33 bits per heavy atom. The Morgan fingerprint density at radius 1 is 1.50 bits per heavy atom. The highest BCUT2D eigenvalue weighted by Crippen LogP contribution is 2.24. The number of aromatic nitrogens is 1. The number of nitrogens with two attached hydrogens (primary N) is 1. The van der Waals surface area contributed by atoms with Crippen LogP contribution in [0.2, 0.25) is 0 Å². The van der Waals surface area contributed by atoms with E-state index in [0.29, 0.717) is 12.2 Å². The summed E-state index contributed by atoms with van der Waals surface area (Å²) in [5, 5.41) is 2.87. The molecular formula is C12H17N5O. The molecule has 6 nitrogen and oxygen atoms in total. The van der Waals surface area contributed by atoms with Gasteiger partial charge in [0.1, 0.15) is 0 Å². The maximum atomic E-state index is 11.5. The molecule has 0 saturated carbocycles. The summed E-state index contributed by atoms with van der Waals surface area (Å²) in [6.45, 7) is 4.99. The minimum atomic E-state index is 0.0458. The number of carbonyl (C=O) groups excluding carboxylic acids is 1. The fourth-order valence-corrected chi connectivity index (χ4v) is 2.65. The number of nitrogen functional groups attached to an aromatic ring is 1. The molecule has 96 valence electrons. The van der Waals surface area contributed by atoms with Gasteiger partial charge in [0.2, 0.25) is 0 Å². The predicted molar refractivity (Wildman–Crippen MR) is 69.5 cm³/mol. The Labute approximate surface area is 106 Å². The zero-order valence-electron chi connectivity index (χ0n) is 10.4. The fraction of sp³-hybridized carbons (Fsp3) is 0.500. The van der Waals surface area contributed by atoms with Crippen LogP contribution in [0.3, 0.4) is 0 Å². The number of hydrogen-bond donors (Lipinski definition) is 2. The van der Waals surface area contributed by atoms with E-state index < -0.39 is 0 Å². The molecule has 0 aromatic carbocycles. The summed E-state index contributed by atoms with van der Waals surface area (Å²) in [6.07, 6.45) is 1.83. The van der Waals surface area contributed by atoms with Gasteiger partial charge in [0.05, 0.1) is 11.7 Å². The van der Waals surface area contributed by atoms with Crippen molar-refractivity contribution in [3.05, 3.63) is 17.8 Å². The fourth-order valence-electron chi connectivity index (χ4n) is 2.65. The second kappa shape index (κ2) is 4.04. The van der Waals surface area contributed by atoms with E-state index in [0.717, 1.165) is 31.0 Å². The smallest absolute Gasteiger partial charge is 0.317 e. The number of piperazine rings is 1. The molecule has 2 aliphatic rings. The van der Waals surface area contributed by atoms with E-state index in [4.69, 9.17) is 5.73 Å². The van der Waals surface area contributed by atoms with Crippen molar-refractivity contribution in [2.45, 2.75) is 13.0 Å². The molecule has 2 saturated heterocycles. The SMILES string of the molecule is Cc1cnc(N2CCN3C(=O)NCC3C2)c(N)c1. The number of rotatable bonds is 1. The molecule has 0 aliphatic carbocycles. The molecule has 3 heterocycles. The van der Waals surface area contributed by atoms with E-state index in [9.17, 15) is 4.79 Å². The van der Waals surface area contributed by atoms with Crippen molar-refractivity contribution >= 4 is 17.5 Å². The van der Waals surface area contributed by atoms with Crippen molar-refractivity contribution in [2.24, 2.45) is 0 Å². The number of carbonyl (C=O) groups is 1. The van der Waals surface area contributed by atoms with Gasteiger partial charge in [-0.2, -0.15) is 0 Å². The first kappa shape index (κ1) is 11.1. The Morgan fingerprint density at radius 3 is 3.11 bits per heavy atom. The monoisotopic (exact) mass is 247 g/mol. The molecule has 1 aromatic heterocycles. The van der Waals surface area contributed by atoms with Gasteiger partial charge in [-0.05, 0) is 18.6 Å². The lowest BCUT2D eigenvalue weighted by atomic mass is 10.2. The molecule has 0 bridgehead atoms. The number of pyridine rings is 1. The number of anilines is 2. The molecule has 1 atom stereocenters. The molecule has 3 N–H and O–H groups in total. The average molecular weight is 247 g/mol. The van der Waals surface area contributed by atoms with Crippen LogP contribution in [0.5, 0.6) is 0 Å². The number of urea groups is 1. The van der Waals surface area contributed by atoms with E-state index in [2.05, 4.69) is 15.2 Å². The Kier molecular flexibility index (Phi) is 2.50. The second-order valence-corrected chi connectivity index (χ2v) is 4.90. The van der Waals surface area contributed by atoms with Crippen LogP contribution in [0.4, 0.5) is 16.3 Å². The number of aryl methyl sites for hydroxylation is 1. The maximum absolute atomic E-state index is 11.5. The highest BCUT2D eigenvalue weighted by molar-refractivity contribution is 5.77. The molecule has 1 unspecified atom stereocenters. The number of nitrogens with zero attached hydrogens (tertiary/aromatic N) is 3. The first-order valence-electron chi connectivity index (χ1n) is 6.16. The zero-order chi connectivity index (χ0) is 12.7. The minimum absolute atomic E-state index is 0.0458. The first-order chi connectivity index (χ1) is 8.65. The van der Waals surface area contributed by atoms with Gasteiger partial charge in [-0.3, -0.25) is 0 Å². The summed E-state index contributed by atoms with van der Waals surface area (Å²) in [5.74, 6) is 0.833. The number of amides is 2. The number of hydrogen-bond acceptors (Lipinski definition) is 4. The largest absolute Gasteiger partial charge is 0.396 e. The van der Waals surface area contributed by atoms with Crippen molar-refractivity contribution < 1.29 is 4.79 Å². The van der Waals surface area contributed by atoms with Crippen molar-refractivity contribution in [3.8, 4) is 0 Å². The van der Waals surface area contributed by atoms with Crippen LogP contribution in [0.25, 0.3) is 0 Å². The van der Waals surface area contributed by atoms with E-state index in [-0.39, 0.29) is 12.1 Å². The Bertz CT molecular complexity index is 489. The van der Waals surface area contributed by atoms with Crippen molar-refractivity contribution in [2.75, 3.05) is 36.8 Å². The molecule has 6 heteroatoms. The van der Waals surface area contributed by atoms with E-state index >= 15 is 0 Å². The Balaban J connectivity index is 1.80. The van der Waals surface area contributed by atoms with E-state index in [1.165, 1.54) is 0 Å². The molecule has 2 aliphatic heterocycles. The van der Waals surface area contributed by atoms with Gasteiger partial charge in [0, 0.05) is 32.4 Å². The molecule has 3 rings (SSSR count). The molecule has 2 fully saturated rings. The summed E-state index contributed by atoms with van der Waals surface area (Å²) in [5.41, 5.74) is 7.79. The lowest BCUT2D eigenvalue weighted by Crippen LogP contribution is -2.52. The quantitative estimate of drug-likeness (QED) is 0.742. The normalized spacial score (nSPS) is 22.9. The summed E-state index contributed by atoms with van der Waals surface area (Å²) >= 11 is 0. The molecule has 1 aromatic rings. The highest BCUT2D eigenvalue weighted by atomic mass is 16.2. The molecule has 0 radical (unpaired) electrons. The molecule has 2 amide bonds. The minimum Gasteiger partial charge on any atom is -0.396 e. The Hall–Kier alpha value is -1.98. The lowest BCUT2D eigenvalue weighted by molar-refractivity contribution is 0.197. The maximum Gasteiger partial charge on any atom is 0.317 e. The van der Waals surface area contributed by atoms with Gasteiger partial charge < -0.3 is 20.9 Å². The van der Waals surface area contributed by atoms with Gasteiger partial charge >= 0.3 is 6.03 Å². The van der Waals surface area contributed by atoms with E-state index in [1.54, 1.807) is 0 Å². The van der Waals surface area contributed by atoms with Crippen LogP contribution in [0.15, 0.2) is 12.3 Å². The van der Waals surface area contributed by atoms with Gasteiger partial charge in [-0.1, -0.05) is 0 Å². The summed E-state index contributed by atoms with van der Waals surface area (Å²) in [6, 6.07) is 2.21. The van der Waals surface area contributed by atoms with E-state index in [1.807, 2.05) is 24.1 Å². The standard InChI is InChI=1S/C12H17N5O/c1-8-4-10(13)11(14-5-8)16-2-3-17-9(7-16)6-15-12(17)18/h4-5,9H,2-3,6-7,13H2,1H3,(H,15,18). The van der Waals surface area contributed by atoms with Gasteiger partial charge in [0.25, 0.3) is 0 Å².